The number of halogens is 5. The Morgan fingerprint density at radius 2 is 1.81 bits per heavy atom. The van der Waals surface area contributed by atoms with Crippen molar-refractivity contribution in [3.8, 4) is 0 Å². The minimum Gasteiger partial charge on any atom is -0.323 e. The van der Waals surface area contributed by atoms with Gasteiger partial charge in [0.2, 0.25) is 5.91 Å². The van der Waals surface area contributed by atoms with Gasteiger partial charge in [0.05, 0.1) is 27.4 Å². The average Bonchev–Trinajstić information content (AvgIpc) is 3.03. The van der Waals surface area contributed by atoms with Gasteiger partial charge in [-0.2, -0.15) is 13.2 Å². The third kappa shape index (κ3) is 6.37. The predicted molar refractivity (Wildman–Crippen MR) is 150 cm³/mol. The zero-order chi connectivity index (χ0) is 30.0. The minimum absolute atomic E-state index is 0.0251. The van der Waals surface area contributed by atoms with Gasteiger partial charge in [-0.25, -0.2) is 4.98 Å². The van der Waals surface area contributed by atoms with Crippen molar-refractivity contribution >= 4 is 52.4 Å². The third-order valence-corrected chi connectivity index (χ3v) is 7.05. The number of aromatic nitrogens is 2. The number of nitrogens with zero attached hydrogens (tertiary/aromatic N) is 3. The monoisotopic (exact) mass is 613 g/mol. The smallest absolute Gasteiger partial charge is 0.323 e. The molecule has 2 aromatic heterocycles. The molecule has 0 saturated carbocycles. The maximum atomic E-state index is 13.7. The molecule has 3 amide bonds. The molecule has 8 nitrogen and oxygen atoms in total. The first-order valence-electron chi connectivity index (χ1n) is 12.4. The highest BCUT2D eigenvalue weighted by molar-refractivity contribution is 6.34. The van der Waals surface area contributed by atoms with Gasteiger partial charge in [0.15, 0.2) is 0 Å². The quantitative estimate of drug-likeness (QED) is 0.267. The minimum atomic E-state index is -4.56. The highest BCUT2D eigenvalue weighted by atomic mass is 35.5. The lowest BCUT2D eigenvalue weighted by atomic mass is 10.0. The van der Waals surface area contributed by atoms with E-state index in [0.29, 0.717) is 22.5 Å². The maximum Gasteiger partial charge on any atom is 0.417 e. The summed E-state index contributed by atoms with van der Waals surface area (Å²) >= 11 is 12.5. The van der Waals surface area contributed by atoms with E-state index in [1.54, 1.807) is 36.5 Å². The summed E-state index contributed by atoms with van der Waals surface area (Å²) in [6.07, 6.45) is -2.22. The second-order valence-corrected chi connectivity index (χ2v) is 10.2. The number of benzene rings is 2. The fraction of sp³-hybridized carbons (Fsp3) is 0.138. The molecular formula is C29H20Cl2F3N5O3. The number of fused-ring (bicyclic) bond motifs is 1. The Morgan fingerprint density at radius 1 is 1.00 bits per heavy atom. The Kier molecular flexibility index (Phi) is 8.15. The normalized spacial score (nSPS) is 15.1. The van der Waals surface area contributed by atoms with Crippen LogP contribution in [0.3, 0.4) is 0 Å². The van der Waals surface area contributed by atoms with E-state index < -0.39 is 35.5 Å². The third-order valence-electron chi connectivity index (χ3n) is 6.50. The largest absolute Gasteiger partial charge is 0.417 e. The Bertz CT molecular complexity index is 1670. The van der Waals surface area contributed by atoms with Gasteiger partial charge in [-0.05, 0) is 60.2 Å². The predicted octanol–water partition coefficient (Wildman–Crippen LogP) is 6.26. The van der Waals surface area contributed by atoms with Crippen LogP contribution in [0, 0.1) is 0 Å². The molecule has 0 spiro atoms. The zero-order valence-corrected chi connectivity index (χ0v) is 23.0. The van der Waals surface area contributed by atoms with Crippen molar-refractivity contribution < 1.29 is 27.6 Å². The van der Waals surface area contributed by atoms with Crippen LogP contribution in [0.5, 0.6) is 0 Å². The molecule has 0 fully saturated rings. The van der Waals surface area contributed by atoms with E-state index in [1.165, 1.54) is 29.2 Å². The van der Waals surface area contributed by atoms with Crippen molar-refractivity contribution in [3.63, 3.8) is 0 Å². The summed E-state index contributed by atoms with van der Waals surface area (Å²) in [6, 6.07) is 15.2. The molecule has 2 aromatic carbocycles. The summed E-state index contributed by atoms with van der Waals surface area (Å²) in [5, 5.41) is 5.58. The van der Waals surface area contributed by atoms with E-state index in [-0.39, 0.29) is 40.6 Å². The van der Waals surface area contributed by atoms with Gasteiger partial charge in [0, 0.05) is 36.1 Å². The van der Waals surface area contributed by atoms with Crippen molar-refractivity contribution in [1.29, 1.82) is 0 Å². The summed E-state index contributed by atoms with van der Waals surface area (Å²) in [4.78, 5) is 49.2. The number of alkyl halides is 3. The lowest BCUT2D eigenvalue weighted by molar-refractivity contribution is -0.137. The van der Waals surface area contributed by atoms with Crippen molar-refractivity contribution in [1.82, 2.24) is 14.9 Å². The highest BCUT2D eigenvalue weighted by Gasteiger charge is 2.36. The molecule has 0 unspecified atom stereocenters. The topological polar surface area (TPSA) is 104 Å². The number of anilines is 2. The van der Waals surface area contributed by atoms with E-state index in [9.17, 15) is 27.6 Å². The summed E-state index contributed by atoms with van der Waals surface area (Å²) < 4.78 is 38.4. The Hall–Kier alpha value is -4.48. The molecule has 13 heteroatoms. The van der Waals surface area contributed by atoms with E-state index >= 15 is 0 Å². The fourth-order valence-electron chi connectivity index (χ4n) is 4.42. The van der Waals surface area contributed by atoms with Gasteiger partial charge >= 0.3 is 6.18 Å². The number of carbonyl (C=O) groups excluding carboxylic acids is 3. The number of hydrogen-bond acceptors (Lipinski definition) is 5. The molecule has 0 bridgehead atoms. The first kappa shape index (κ1) is 29.0. The van der Waals surface area contributed by atoms with Crippen LogP contribution < -0.4 is 10.6 Å². The second-order valence-electron chi connectivity index (χ2n) is 9.35. The molecule has 1 aliphatic rings. The second kappa shape index (κ2) is 11.8. The van der Waals surface area contributed by atoms with Crippen LogP contribution in [0.1, 0.15) is 37.5 Å². The Balaban J connectivity index is 1.40. The molecule has 42 heavy (non-hydrogen) atoms. The van der Waals surface area contributed by atoms with E-state index in [0.717, 1.165) is 12.1 Å². The van der Waals surface area contributed by atoms with Crippen LogP contribution >= 0.6 is 23.2 Å². The molecular weight excluding hydrogens is 594 g/mol. The van der Waals surface area contributed by atoms with Crippen molar-refractivity contribution in [2.75, 3.05) is 10.6 Å². The molecule has 0 radical (unpaired) electrons. The van der Waals surface area contributed by atoms with Crippen LogP contribution in [0.2, 0.25) is 10.0 Å². The van der Waals surface area contributed by atoms with Crippen molar-refractivity contribution in [2.24, 2.45) is 0 Å². The van der Waals surface area contributed by atoms with Gasteiger partial charge in [-0.15, -0.1) is 0 Å². The standard InChI is InChI=1S/C29H20Cl2F3N5O3/c30-18-6-8-21-23(12-18)37-27(41)24(13-19-3-1-2-10-35-19)39(28(21)42)15-16-4-7-20(22(31)11-16)26(40)38-25-9-5-17(14-36-25)29(32,33)34/h1-12,14,24H,13,15H2,(H,37,41)(H,36,38,40)/t24-/m1/s1. The van der Waals surface area contributed by atoms with Gasteiger partial charge in [-0.1, -0.05) is 35.3 Å². The van der Waals surface area contributed by atoms with Crippen LogP contribution in [0.25, 0.3) is 0 Å². The summed E-state index contributed by atoms with van der Waals surface area (Å²) in [7, 11) is 0. The van der Waals surface area contributed by atoms with Crippen LogP contribution in [-0.2, 0) is 23.9 Å². The molecule has 1 aliphatic heterocycles. The summed E-state index contributed by atoms with van der Waals surface area (Å²) in [6.45, 7) is -0.0338. The average molecular weight is 614 g/mol. The summed E-state index contributed by atoms with van der Waals surface area (Å²) in [5.74, 6) is -1.64. The zero-order valence-electron chi connectivity index (χ0n) is 21.5. The van der Waals surface area contributed by atoms with Crippen LogP contribution in [0.15, 0.2) is 79.1 Å². The Labute approximate surface area is 247 Å². The van der Waals surface area contributed by atoms with E-state index in [2.05, 4.69) is 20.6 Å². The number of pyridine rings is 2. The molecule has 3 heterocycles. The van der Waals surface area contributed by atoms with Crippen molar-refractivity contribution in [3.05, 3.63) is 117 Å². The number of amides is 3. The van der Waals surface area contributed by atoms with Gasteiger partial charge < -0.3 is 15.5 Å². The fourth-order valence-corrected chi connectivity index (χ4v) is 4.88. The lowest BCUT2D eigenvalue weighted by Crippen LogP contribution is -2.46. The maximum absolute atomic E-state index is 13.7. The molecule has 4 aromatic rings. The van der Waals surface area contributed by atoms with Gasteiger partial charge in [0.25, 0.3) is 11.8 Å². The molecule has 0 saturated heterocycles. The Morgan fingerprint density at radius 3 is 2.48 bits per heavy atom. The van der Waals surface area contributed by atoms with Crippen LogP contribution in [-0.4, -0.2) is 38.6 Å². The SMILES string of the molecule is O=C(Nc1ccc(C(F)(F)F)cn1)c1ccc(CN2C(=O)c3ccc(Cl)cc3NC(=O)[C@H]2Cc2ccccn2)cc1Cl. The number of carbonyl (C=O) groups is 3. The molecule has 2 N–H and O–H groups in total. The number of nitrogens with one attached hydrogen (secondary N) is 2. The first-order chi connectivity index (χ1) is 20.0. The molecule has 0 aliphatic carbocycles. The van der Waals surface area contributed by atoms with Gasteiger partial charge in [0.1, 0.15) is 11.9 Å². The summed E-state index contributed by atoms with van der Waals surface area (Å²) in [5.41, 5.74) is 0.740. The highest BCUT2D eigenvalue weighted by Crippen LogP contribution is 2.31. The first-order valence-corrected chi connectivity index (χ1v) is 13.2. The molecule has 214 valence electrons. The number of hydrogen-bond donors (Lipinski definition) is 2. The van der Waals surface area contributed by atoms with Gasteiger partial charge in [-0.3, -0.25) is 19.4 Å². The molecule has 1 atom stereocenters. The molecule has 5 rings (SSSR count). The van der Waals surface area contributed by atoms with E-state index in [4.69, 9.17) is 23.2 Å². The number of rotatable bonds is 6. The van der Waals surface area contributed by atoms with E-state index in [1.807, 2.05) is 0 Å². The lowest BCUT2D eigenvalue weighted by Gasteiger charge is -2.29. The van der Waals surface area contributed by atoms with Crippen LogP contribution in [0.4, 0.5) is 24.7 Å². The van der Waals surface area contributed by atoms with Crippen molar-refractivity contribution in [2.45, 2.75) is 25.2 Å².